The standard InChI is InChI=1S/C15H22O2S2/c1-2-3-4-5-6-15(18-7-8-19-15)12-9-13(16)11-14(17)10-12/h9-11,16-17H,2-8H2,1H3. The molecule has 1 aliphatic heterocycles. The van der Waals surface area contributed by atoms with Gasteiger partial charge in [-0.1, -0.05) is 32.6 Å². The van der Waals surface area contributed by atoms with Crippen molar-refractivity contribution in [3.63, 3.8) is 0 Å². The minimum Gasteiger partial charge on any atom is -0.508 e. The normalized spacial score (nSPS) is 17.7. The Balaban J connectivity index is 2.13. The zero-order chi connectivity index (χ0) is 13.7. The molecule has 0 aromatic heterocycles. The highest BCUT2D eigenvalue weighted by atomic mass is 32.2. The predicted molar refractivity (Wildman–Crippen MR) is 85.1 cm³/mol. The van der Waals surface area contributed by atoms with Gasteiger partial charge in [0.25, 0.3) is 0 Å². The predicted octanol–water partition coefficient (Wildman–Crippen LogP) is 4.70. The molecule has 1 aromatic carbocycles. The second-order valence-corrected chi connectivity index (χ2v) is 8.04. The van der Waals surface area contributed by atoms with Crippen LogP contribution in [0.25, 0.3) is 0 Å². The van der Waals surface area contributed by atoms with Crippen LogP contribution in [0.2, 0.25) is 0 Å². The Hall–Kier alpha value is -0.480. The van der Waals surface area contributed by atoms with Crippen LogP contribution in [0.5, 0.6) is 11.5 Å². The molecular formula is C15H22O2S2. The van der Waals surface area contributed by atoms with Crippen LogP contribution in [0.1, 0.15) is 44.6 Å². The van der Waals surface area contributed by atoms with Crippen molar-refractivity contribution < 1.29 is 10.2 Å². The zero-order valence-electron chi connectivity index (χ0n) is 11.4. The molecule has 0 aliphatic carbocycles. The third-order valence-electron chi connectivity index (χ3n) is 3.46. The Morgan fingerprint density at radius 2 is 1.63 bits per heavy atom. The van der Waals surface area contributed by atoms with Gasteiger partial charge in [-0.05, 0) is 24.1 Å². The molecule has 106 valence electrons. The van der Waals surface area contributed by atoms with E-state index in [0.29, 0.717) is 0 Å². The first kappa shape index (κ1) is 14.9. The number of phenolic OH excluding ortho intramolecular Hbond substituents is 2. The van der Waals surface area contributed by atoms with E-state index in [4.69, 9.17) is 0 Å². The Bertz CT molecular complexity index is 394. The van der Waals surface area contributed by atoms with Gasteiger partial charge in [-0.15, -0.1) is 23.5 Å². The van der Waals surface area contributed by atoms with Gasteiger partial charge in [0.05, 0.1) is 4.08 Å². The van der Waals surface area contributed by atoms with Gasteiger partial charge in [-0.3, -0.25) is 0 Å². The second-order valence-electron chi connectivity index (χ2n) is 5.00. The number of hydrogen-bond acceptors (Lipinski definition) is 4. The summed E-state index contributed by atoms with van der Waals surface area (Å²) < 4.78 is 0.0317. The van der Waals surface area contributed by atoms with E-state index in [0.717, 1.165) is 23.5 Å². The van der Waals surface area contributed by atoms with E-state index in [1.54, 1.807) is 0 Å². The maximum Gasteiger partial charge on any atom is 0.119 e. The fraction of sp³-hybridized carbons (Fsp3) is 0.600. The summed E-state index contributed by atoms with van der Waals surface area (Å²) in [6.07, 6.45) is 6.14. The van der Waals surface area contributed by atoms with Gasteiger partial charge in [0.2, 0.25) is 0 Å². The molecule has 2 nitrogen and oxygen atoms in total. The van der Waals surface area contributed by atoms with Crippen molar-refractivity contribution in [3.05, 3.63) is 23.8 Å². The molecule has 0 amide bonds. The number of thioether (sulfide) groups is 2. The molecule has 0 bridgehead atoms. The Labute approximate surface area is 124 Å². The van der Waals surface area contributed by atoms with Crippen molar-refractivity contribution in [2.45, 2.75) is 43.1 Å². The summed E-state index contributed by atoms with van der Waals surface area (Å²) >= 11 is 3.92. The number of phenols is 2. The molecule has 1 heterocycles. The number of unbranched alkanes of at least 4 members (excludes halogenated alkanes) is 3. The van der Waals surface area contributed by atoms with Crippen LogP contribution in [-0.2, 0) is 4.08 Å². The molecule has 1 aromatic rings. The number of aromatic hydroxyl groups is 2. The molecule has 0 unspecified atom stereocenters. The van der Waals surface area contributed by atoms with Crippen molar-refractivity contribution in [1.29, 1.82) is 0 Å². The van der Waals surface area contributed by atoms with Crippen LogP contribution in [0, 0.1) is 0 Å². The Morgan fingerprint density at radius 1 is 1.00 bits per heavy atom. The van der Waals surface area contributed by atoms with Crippen molar-refractivity contribution in [2.24, 2.45) is 0 Å². The van der Waals surface area contributed by atoms with Gasteiger partial charge in [-0.25, -0.2) is 0 Å². The van der Waals surface area contributed by atoms with Crippen molar-refractivity contribution in [2.75, 3.05) is 11.5 Å². The fourth-order valence-electron chi connectivity index (χ4n) is 2.51. The molecule has 0 atom stereocenters. The van der Waals surface area contributed by atoms with E-state index in [1.165, 1.54) is 31.7 Å². The summed E-state index contributed by atoms with van der Waals surface area (Å²) in [6.45, 7) is 2.22. The van der Waals surface area contributed by atoms with Crippen molar-refractivity contribution in [3.8, 4) is 11.5 Å². The summed E-state index contributed by atoms with van der Waals surface area (Å²) in [5, 5.41) is 19.4. The number of hydrogen-bond donors (Lipinski definition) is 2. The van der Waals surface area contributed by atoms with Gasteiger partial charge in [0.1, 0.15) is 11.5 Å². The molecule has 19 heavy (non-hydrogen) atoms. The minimum absolute atomic E-state index is 0.0317. The maximum atomic E-state index is 9.70. The third-order valence-corrected chi connectivity index (χ3v) is 7.05. The summed E-state index contributed by atoms with van der Waals surface area (Å²) in [7, 11) is 0. The average molecular weight is 298 g/mol. The number of rotatable bonds is 6. The highest BCUT2D eigenvalue weighted by molar-refractivity contribution is 8.20. The monoisotopic (exact) mass is 298 g/mol. The quantitative estimate of drug-likeness (QED) is 0.747. The Morgan fingerprint density at radius 3 is 2.21 bits per heavy atom. The van der Waals surface area contributed by atoms with Gasteiger partial charge in [-0.2, -0.15) is 0 Å². The molecule has 0 radical (unpaired) electrons. The highest BCUT2D eigenvalue weighted by Gasteiger charge is 2.37. The Kier molecular flexibility index (Phi) is 5.34. The molecule has 0 saturated carbocycles. The molecule has 0 spiro atoms. The van der Waals surface area contributed by atoms with Crippen molar-refractivity contribution >= 4 is 23.5 Å². The molecular weight excluding hydrogens is 276 g/mol. The molecule has 1 saturated heterocycles. The van der Waals surface area contributed by atoms with E-state index in [2.05, 4.69) is 6.92 Å². The lowest BCUT2D eigenvalue weighted by Crippen LogP contribution is -2.14. The summed E-state index contributed by atoms with van der Waals surface area (Å²) in [4.78, 5) is 0. The molecule has 2 rings (SSSR count). The van der Waals surface area contributed by atoms with Crippen LogP contribution in [0.4, 0.5) is 0 Å². The first-order valence-corrected chi connectivity index (χ1v) is 8.95. The smallest absolute Gasteiger partial charge is 0.119 e. The van der Waals surface area contributed by atoms with Crippen LogP contribution in [-0.4, -0.2) is 21.7 Å². The lowest BCUT2D eigenvalue weighted by molar-refractivity contribution is 0.448. The van der Waals surface area contributed by atoms with E-state index in [1.807, 2.05) is 35.7 Å². The first-order valence-electron chi connectivity index (χ1n) is 6.98. The fourth-order valence-corrected chi connectivity index (χ4v) is 5.82. The maximum absolute atomic E-state index is 9.70. The second kappa shape index (κ2) is 6.80. The highest BCUT2D eigenvalue weighted by Crippen LogP contribution is 2.56. The van der Waals surface area contributed by atoms with Crippen LogP contribution in [0.15, 0.2) is 18.2 Å². The summed E-state index contributed by atoms with van der Waals surface area (Å²) in [6, 6.07) is 5.02. The van der Waals surface area contributed by atoms with Gasteiger partial charge in [0.15, 0.2) is 0 Å². The minimum atomic E-state index is 0.0317. The molecule has 2 N–H and O–H groups in total. The zero-order valence-corrected chi connectivity index (χ0v) is 13.0. The molecule has 1 fully saturated rings. The van der Waals surface area contributed by atoms with E-state index in [-0.39, 0.29) is 15.6 Å². The van der Waals surface area contributed by atoms with E-state index >= 15 is 0 Å². The average Bonchev–Trinajstić information content (AvgIpc) is 2.84. The van der Waals surface area contributed by atoms with Crippen LogP contribution in [0.3, 0.4) is 0 Å². The SMILES string of the molecule is CCCCCCC1(c2cc(O)cc(O)c2)SCCS1. The van der Waals surface area contributed by atoms with Crippen LogP contribution >= 0.6 is 23.5 Å². The molecule has 1 aliphatic rings. The van der Waals surface area contributed by atoms with Gasteiger partial charge < -0.3 is 10.2 Å². The first-order chi connectivity index (χ1) is 9.16. The van der Waals surface area contributed by atoms with E-state index < -0.39 is 0 Å². The number of benzene rings is 1. The molecule has 4 heteroatoms. The van der Waals surface area contributed by atoms with Gasteiger partial charge >= 0.3 is 0 Å². The lowest BCUT2D eigenvalue weighted by Gasteiger charge is -2.28. The van der Waals surface area contributed by atoms with E-state index in [9.17, 15) is 10.2 Å². The van der Waals surface area contributed by atoms with Gasteiger partial charge in [0, 0.05) is 17.6 Å². The topological polar surface area (TPSA) is 40.5 Å². The third kappa shape index (κ3) is 3.76. The van der Waals surface area contributed by atoms with Crippen molar-refractivity contribution in [1.82, 2.24) is 0 Å². The summed E-state index contributed by atoms with van der Waals surface area (Å²) in [5.74, 6) is 2.62. The van der Waals surface area contributed by atoms with Crippen LogP contribution < -0.4 is 0 Å². The summed E-state index contributed by atoms with van der Waals surface area (Å²) in [5.41, 5.74) is 1.06. The lowest BCUT2D eigenvalue weighted by atomic mass is 10.0. The largest absolute Gasteiger partial charge is 0.508 e.